The fraction of sp³-hybridized carbons (Fsp3) is 0.417. The Hall–Kier alpha value is -2.40. The third-order valence-electron chi connectivity index (χ3n) is 4.99. The number of hydrogen-bond donors (Lipinski definition) is 0. The van der Waals surface area contributed by atoms with E-state index in [2.05, 4.69) is 12.2 Å². The minimum absolute atomic E-state index is 0.0924. The van der Waals surface area contributed by atoms with E-state index in [9.17, 15) is 8.78 Å². The summed E-state index contributed by atoms with van der Waals surface area (Å²) < 4.78 is 44.9. The van der Waals surface area contributed by atoms with Gasteiger partial charge in [0.15, 0.2) is 11.5 Å². The second-order valence-electron chi connectivity index (χ2n) is 7.25. The lowest BCUT2D eigenvalue weighted by atomic mass is 9.94. The van der Waals surface area contributed by atoms with Gasteiger partial charge in [-0.3, -0.25) is 0 Å². The third kappa shape index (κ3) is 5.57. The molecular weight excluding hydrogens is 374 g/mol. The van der Waals surface area contributed by atoms with Crippen LogP contribution >= 0.6 is 0 Å². The maximum absolute atomic E-state index is 14.2. The Morgan fingerprint density at radius 2 is 1.69 bits per heavy atom. The SMILES string of the molecule is CC=CC1CCC(c2ccc(COc3ccc(OCCC)c(F)c3F)cc2)OC1. The van der Waals surface area contributed by atoms with E-state index in [4.69, 9.17) is 14.2 Å². The molecule has 0 amide bonds. The number of rotatable bonds is 8. The first-order chi connectivity index (χ1) is 14.1. The van der Waals surface area contributed by atoms with Crippen LogP contribution < -0.4 is 9.47 Å². The summed E-state index contributed by atoms with van der Waals surface area (Å²) in [5.74, 6) is -1.76. The zero-order valence-electron chi connectivity index (χ0n) is 17.0. The summed E-state index contributed by atoms with van der Waals surface area (Å²) in [6, 6.07) is 10.7. The van der Waals surface area contributed by atoms with Crippen molar-refractivity contribution in [2.45, 2.75) is 45.8 Å². The van der Waals surface area contributed by atoms with E-state index < -0.39 is 11.6 Å². The lowest BCUT2D eigenvalue weighted by Crippen LogP contribution is -2.19. The Labute approximate surface area is 171 Å². The average molecular weight is 402 g/mol. The van der Waals surface area contributed by atoms with E-state index in [1.165, 1.54) is 12.1 Å². The lowest BCUT2D eigenvalue weighted by molar-refractivity contribution is -0.00526. The summed E-state index contributed by atoms with van der Waals surface area (Å²) in [5, 5.41) is 0. The highest BCUT2D eigenvalue weighted by Gasteiger charge is 2.21. The van der Waals surface area contributed by atoms with Gasteiger partial charge in [-0.1, -0.05) is 43.3 Å². The second kappa shape index (κ2) is 10.4. The fourth-order valence-electron chi connectivity index (χ4n) is 3.40. The topological polar surface area (TPSA) is 27.7 Å². The van der Waals surface area contributed by atoms with E-state index in [0.29, 0.717) is 12.5 Å². The van der Waals surface area contributed by atoms with Crippen molar-refractivity contribution in [3.63, 3.8) is 0 Å². The Morgan fingerprint density at radius 1 is 1.00 bits per heavy atom. The highest BCUT2D eigenvalue weighted by Crippen LogP contribution is 2.32. The van der Waals surface area contributed by atoms with Crippen molar-refractivity contribution in [1.29, 1.82) is 0 Å². The quantitative estimate of drug-likeness (QED) is 0.480. The molecule has 0 N–H and O–H groups in total. The molecule has 1 aliphatic rings. The first-order valence-electron chi connectivity index (χ1n) is 10.2. The van der Waals surface area contributed by atoms with Crippen LogP contribution in [0, 0.1) is 17.6 Å². The van der Waals surface area contributed by atoms with Crippen molar-refractivity contribution in [3.05, 3.63) is 71.3 Å². The smallest absolute Gasteiger partial charge is 0.204 e. The molecule has 0 aliphatic carbocycles. The van der Waals surface area contributed by atoms with Crippen LogP contribution in [0.5, 0.6) is 11.5 Å². The number of ether oxygens (including phenoxy) is 3. The van der Waals surface area contributed by atoms with Crippen LogP contribution in [0.4, 0.5) is 8.78 Å². The molecule has 156 valence electrons. The maximum Gasteiger partial charge on any atom is 0.204 e. The lowest BCUT2D eigenvalue weighted by Gasteiger charge is -2.27. The van der Waals surface area contributed by atoms with E-state index in [1.54, 1.807) is 0 Å². The zero-order valence-corrected chi connectivity index (χ0v) is 17.0. The van der Waals surface area contributed by atoms with Gasteiger partial charge in [0.05, 0.1) is 19.3 Å². The second-order valence-corrected chi connectivity index (χ2v) is 7.25. The zero-order chi connectivity index (χ0) is 20.6. The van der Waals surface area contributed by atoms with Crippen LogP contribution in [-0.4, -0.2) is 13.2 Å². The normalized spacial score (nSPS) is 19.4. The predicted octanol–water partition coefficient (Wildman–Crippen LogP) is 6.38. The standard InChI is InChI=1S/C24H28F2O3/c1-3-5-17-8-11-20(28-15-17)19-9-6-18(7-10-19)16-29-22-13-12-21(27-14-4-2)23(25)24(22)26/h3,5-7,9-10,12-13,17,20H,4,8,11,14-16H2,1-2H3. The molecule has 1 aliphatic heterocycles. The van der Waals surface area contributed by atoms with Crippen molar-refractivity contribution in [2.24, 2.45) is 5.92 Å². The van der Waals surface area contributed by atoms with Crippen molar-refractivity contribution < 1.29 is 23.0 Å². The summed E-state index contributed by atoms with van der Waals surface area (Å²) in [6.45, 7) is 5.16. The molecule has 1 fully saturated rings. The molecular formula is C24H28F2O3. The minimum Gasteiger partial charge on any atom is -0.490 e. The van der Waals surface area contributed by atoms with Gasteiger partial charge in [-0.15, -0.1) is 0 Å². The largest absolute Gasteiger partial charge is 0.490 e. The molecule has 0 bridgehead atoms. The molecule has 3 nitrogen and oxygen atoms in total. The fourth-order valence-corrected chi connectivity index (χ4v) is 3.40. The molecule has 29 heavy (non-hydrogen) atoms. The number of halogens is 2. The molecule has 0 spiro atoms. The number of allylic oxidation sites excluding steroid dienone is 1. The van der Waals surface area contributed by atoms with Gasteiger partial charge in [-0.2, -0.15) is 8.78 Å². The van der Waals surface area contributed by atoms with Gasteiger partial charge in [0.2, 0.25) is 11.6 Å². The molecule has 0 saturated carbocycles. The predicted molar refractivity (Wildman–Crippen MR) is 109 cm³/mol. The van der Waals surface area contributed by atoms with Crippen molar-refractivity contribution in [2.75, 3.05) is 13.2 Å². The van der Waals surface area contributed by atoms with Gasteiger partial charge >= 0.3 is 0 Å². The monoisotopic (exact) mass is 402 g/mol. The highest BCUT2D eigenvalue weighted by atomic mass is 19.2. The van der Waals surface area contributed by atoms with Gasteiger partial charge in [0, 0.05) is 5.92 Å². The molecule has 2 atom stereocenters. The molecule has 2 aromatic rings. The molecule has 1 heterocycles. The van der Waals surface area contributed by atoms with E-state index in [-0.39, 0.29) is 24.2 Å². The van der Waals surface area contributed by atoms with Crippen LogP contribution in [-0.2, 0) is 11.3 Å². The van der Waals surface area contributed by atoms with Crippen LogP contribution in [0.3, 0.4) is 0 Å². The number of benzene rings is 2. The van der Waals surface area contributed by atoms with Gasteiger partial charge < -0.3 is 14.2 Å². The molecule has 2 aromatic carbocycles. The molecule has 2 unspecified atom stereocenters. The molecule has 1 saturated heterocycles. The summed E-state index contributed by atoms with van der Waals surface area (Å²) in [7, 11) is 0. The van der Waals surface area contributed by atoms with Crippen molar-refractivity contribution in [1.82, 2.24) is 0 Å². The molecule has 3 rings (SSSR count). The summed E-state index contributed by atoms with van der Waals surface area (Å²) >= 11 is 0. The molecule has 0 aromatic heterocycles. The van der Waals surface area contributed by atoms with Crippen LogP contribution in [0.15, 0.2) is 48.6 Å². The van der Waals surface area contributed by atoms with Gasteiger partial charge in [0.25, 0.3) is 0 Å². The maximum atomic E-state index is 14.2. The van der Waals surface area contributed by atoms with Crippen LogP contribution in [0.2, 0.25) is 0 Å². The average Bonchev–Trinajstić information content (AvgIpc) is 2.75. The first kappa shape index (κ1) is 21.3. The van der Waals surface area contributed by atoms with Crippen molar-refractivity contribution in [3.8, 4) is 11.5 Å². The Balaban J connectivity index is 1.56. The summed E-state index contributed by atoms with van der Waals surface area (Å²) in [6.07, 6.45) is 7.20. The number of hydrogen-bond acceptors (Lipinski definition) is 3. The Kier molecular flexibility index (Phi) is 7.64. The first-order valence-corrected chi connectivity index (χ1v) is 10.2. The Morgan fingerprint density at radius 3 is 2.28 bits per heavy atom. The molecule has 5 heteroatoms. The molecule has 0 radical (unpaired) electrons. The Bertz CT molecular complexity index is 810. The van der Waals surface area contributed by atoms with E-state index >= 15 is 0 Å². The van der Waals surface area contributed by atoms with Gasteiger partial charge in [-0.25, -0.2) is 0 Å². The third-order valence-corrected chi connectivity index (χ3v) is 4.99. The summed E-state index contributed by atoms with van der Waals surface area (Å²) in [4.78, 5) is 0. The van der Waals surface area contributed by atoms with E-state index in [1.807, 2.05) is 38.1 Å². The van der Waals surface area contributed by atoms with Gasteiger partial charge in [0.1, 0.15) is 6.61 Å². The minimum atomic E-state index is -1.03. The van der Waals surface area contributed by atoms with E-state index in [0.717, 1.165) is 37.0 Å². The van der Waals surface area contributed by atoms with Gasteiger partial charge in [-0.05, 0) is 49.4 Å². The van der Waals surface area contributed by atoms with Crippen LogP contribution in [0.25, 0.3) is 0 Å². The van der Waals surface area contributed by atoms with Crippen molar-refractivity contribution >= 4 is 0 Å². The summed E-state index contributed by atoms with van der Waals surface area (Å²) in [5.41, 5.74) is 2.00. The van der Waals surface area contributed by atoms with Crippen LogP contribution in [0.1, 0.15) is 50.3 Å². The highest BCUT2D eigenvalue weighted by molar-refractivity contribution is 5.35.